The van der Waals surface area contributed by atoms with Crippen LogP contribution in [0.15, 0.2) is 72.9 Å². The third-order valence-electron chi connectivity index (χ3n) is 3.61. The number of hydrogen-bond acceptors (Lipinski definition) is 6. The third kappa shape index (κ3) is 8.34. The highest BCUT2D eigenvalue weighted by Gasteiger charge is 2.01. The number of pyridine rings is 1. The highest BCUT2D eigenvalue weighted by atomic mass is 16.5. The second-order valence-electron chi connectivity index (χ2n) is 5.86. The molecule has 0 atom stereocenters. The number of ether oxygens (including phenoxy) is 3. The van der Waals surface area contributed by atoms with E-state index in [0.29, 0.717) is 37.0 Å². The van der Waals surface area contributed by atoms with Gasteiger partial charge in [-0.15, -0.1) is 0 Å². The van der Waals surface area contributed by atoms with E-state index in [4.69, 9.17) is 9.47 Å². The summed E-state index contributed by atoms with van der Waals surface area (Å²) in [7, 11) is 0. The van der Waals surface area contributed by atoms with Crippen LogP contribution in [0.25, 0.3) is 0 Å². The highest BCUT2D eigenvalue weighted by molar-refractivity contribution is 5.68. The molecule has 3 rings (SSSR count). The maximum Gasteiger partial charge on any atom is 0.305 e. The summed E-state index contributed by atoms with van der Waals surface area (Å²) >= 11 is 0. The molecule has 0 radical (unpaired) electrons. The van der Waals surface area contributed by atoms with Crippen LogP contribution >= 0.6 is 0 Å². The van der Waals surface area contributed by atoms with Crippen molar-refractivity contribution < 1.29 is 24.1 Å². The first-order valence-electron chi connectivity index (χ1n) is 9.36. The first-order chi connectivity index (χ1) is 14.1. The average Bonchev–Trinajstić information content (AvgIpc) is 2.76. The lowest BCUT2D eigenvalue weighted by Crippen LogP contribution is -2.00. The Morgan fingerprint density at radius 2 is 1.62 bits per heavy atom. The summed E-state index contributed by atoms with van der Waals surface area (Å²) in [4.78, 5) is 14.4. The number of phenols is 1. The van der Waals surface area contributed by atoms with E-state index in [9.17, 15) is 9.90 Å². The van der Waals surface area contributed by atoms with Gasteiger partial charge in [0.25, 0.3) is 0 Å². The number of aromatic nitrogens is 1. The lowest BCUT2D eigenvalue weighted by Gasteiger charge is -2.08. The van der Waals surface area contributed by atoms with E-state index in [2.05, 4.69) is 9.72 Å². The van der Waals surface area contributed by atoms with Crippen LogP contribution < -0.4 is 9.47 Å². The molecule has 0 bridgehead atoms. The molecule has 1 N–H and O–H groups in total. The molecule has 6 nitrogen and oxygen atoms in total. The van der Waals surface area contributed by atoms with Gasteiger partial charge >= 0.3 is 5.97 Å². The van der Waals surface area contributed by atoms with Gasteiger partial charge in [-0.1, -0.05) is 37.3 Å². The number of rotatable bonds is 7. The topological polar surface area (TPSA) is 77.9 Å². The van der Waals surface area contributed by atoms with E-state index < -0.39 is 0 Å². The molecule has 1 aromatic heterocycles. The van der Waals surface area contributed by atoms with Crippen LogP contribution in [0.3, 0.4) is 0 Å². The van der Waals surface area contributed by atoms with Gasteiger partial charge in [0, 0.05) is 12.5 Å². The van der Waals surface area contributed by atoms with Crippen molar-refractivity contribution in [3.63, 3.8) is 0 Å². The fourth-order valence-electron chi connectivity index (χ4n) is 2.15. The van der Waals surface area contributed by atoms with Crippen molar-refractivity contribution in [3.8, 4) is 23.1 Å². The van der Waals surface area contributed by atoms with Crippen molar-refractivity contribution >= 4 is 5.97 Å². The Labute approximate surface area is 170 Å². The van der Waals surface area contributed by atoms with Crippen LogP contribution in [0.4, 0.5) is 0 Å². The van der Waals surface area contributed by atoms with Gasteiger partial charge in [0.15, 0.2) is 0 Å². The minimum Gasteiger partial charge on any atom is -0.508 e. The molecule has 0 spiro atoms. The van der Waals surface area contributed by atoms with Crippen molar-refractivity contribution in [3.05, 3.63) is 78.5 Å². The zero-order valence-corrected chi connectivity index (χ0v) is 16.6. The highest BCUT2D eigenvalue weighted by Crippen LogP contribution is 2.23. The van der Waals surface area contributed by atoms with Gasteiger partial charge in [-0.3, -0.25) is 4.79 Å². The van der Waals surface area contributed by atoms with Crippen molar-refractivity contribution in [2.45, 2.75) is 26.9 Å². The summed E-state index contributed by atoms with van der Waals surface area (Å²) in [6.07, 6.45) is 2.10. The molecule has 2 aromatic carbocycles. The molecule has 0 aliphatic heterocycles. The third-order valence-corrected chi connectivity index (χ3v) is 3.61. The number of hydrogen-bond donors (Lipinski definition) is 1. The molecule has 0 saturated carbocycles. The second kappa shape index (κ2) is 12.0. The molecule has 3 aromatic rings. The van der Waals surface area contributed by atoms with Crippen LogP contribution in [0.5, 0.6) is 23.1 Å². The Morgan fingerprint density at radius 1 is 0.931 bits per heavy atom. The van der Waals surface area contributed by atoms with Crippen molar-refractivity contribution in [2.75, 3.05) is 6.61 Å². The number of carbonyl (C=O) groups is 1. The Hall–Kier alpha value is -3.54. The first kappa shape index (κ1) is 21.8. The minimum absolute atomic E-state index is 0.123. The van der Waals surface area contributed by atoms with Gasteiger partial charge in [0.2, 0.25) is 5.88 Å². The molecule has 0 unspecified atom stereocenters. The van der Waals surface area contributed by atoms with Crippen LogP contribution in [-0.4, -0.2) is 22.7 Å². The van der Waals surface area contributed by atoms with Crippen LogP contribution in [-0.2, 0) is 16.1 Å². The van der Waals surface area contributed by atoms with Gasteiger partial charge in [0.1, 0.15) is 23.9 Å². The molecule has 29 heavy (non-hydrogen) atoms. The number of esters is 1. The van der Waals surface area contributed by atoms with Gasteiger partial charge in [-0.2, -0.15) is 0 Å². The summed E-state index contributed by atoms with van der Waals surface area (Å²) in [6, 6.07) is 20.0. The molecule has 0 fully saturated rings. The molecular weight excluding hydrogens is 370 g/mol. The van der Waals surface area contributed by atoms with E-state index in [1.54, 1.807) is 50.4 Å². The van der Waals surface area contributed by atoms with Crippen molar-refractivity contribution in [1.82, 2.24) is 4.98 Å². The first-order valence-corrected chi connectivity index (χ1v) is 9.36. The zero-order chi connectivity index (χ0) is 20.9. The molecule has 1 heterocycles. The largest absolute Gasteiger partial charge is 0.508 e. The number of aromatic hydroxyl groups is 1. The van der Waals surface area contributed by atoms with E-state index in [1.807, 2.05) is 36.4 Å². The number of benzene rings is 2. The molecular formula is C23H25NO5. The van der Waals surface area contributed by atoms with Gasteiger partial charge < -0.3 is 19.3 Å². The van der Waals surface area contributed by atoms with E-state index in [1.165, 1.54) is 0 Å². The summed E-state index contributed by atoms with van der Waals surface area (Å²) in [5.41, 5.74) is 1.10. The molecule has 0 saturated heterocycles. The monoisotopic (exact) mass is 395 g/mol. The molecule has 0 aliphatic rings. The fraction of sp³-hybridized carbons (Fsp3) is 0.217. The Balaban J connectivity index is 0.000000370. The van der Waals surface area contributed by atoms with Gasteiger partial charge in [0.05, 0.1) is 12.8 Å². The predicted octanol–water partition coefficient (Wildman–Crippen LogP) is 5.12. The fourth-order valence-corrected chi connectivity index (χ4v) is 2.15. The normalized spacial score (nSPS) is 9.72. The zero-order valence-electron chi connectivity index (χ0n) is 16.6. The van der Waals surface area contributed by atoms with Crippen LogP contribution in [0.1, 0.15) is 25.8 Å². The SMILES string of the molecule is CCOC(=O)CC.Oc1ccc(Oc2ccc(OCc3ccccc3)cn2)cc1. The molecule has 6 heteroatoms. The summed E-state index contributed by atoms with van der Waals surface area (Å²) in [5.74, 6) is 1.84. The molecule has 152 valence electrons. The molecule has 0 amide bonds. The quantitative estimate of drug-likeness (QED) is 0.560. The summed E-state index contributed by atoms with van der Waals surface area (Å²) < 4.78 is 15.8. The summed E-state index contributed by atoms with van der Waals surface area (Å²) in [6.45, 7) is 4.57. The van der Waals surface area contributed by atoms with Gasteiger partial charge in [-0.25, -0.2) is 4.98 Å². The van der Waals surface area contributed by atoms with Crippen LogP contribution in [0, 0.1) is 0 Å². The predicted molar refractivity (Wildman–Crippen MR) is 110 cm³/mol. The lowest BCUT2D eigenvalue weighted by atomic mass is 10.2. The summed E-state index contributed by atoms with van der Waals surface area (Å²) in [5, 5.41) is 9.22. The van der Waals surface area contributed by atoms with E-state index in [-0.39, 0.29) is 11.7 Å². The maximum atomic E-state index is 10.2. The maximum absolute atomic E-state index is 10.2. The Kier molecular flexibility index (Phi) is 9.02. The Bertz CT molecular complexity index is 849. The number of carbonyl (C=O) groups excluding carboxylic acids is 1. The lowest BCUT2D eigenvalue weighted by molar-refractivity contribution is -0.142. The Morgan fingerprint density at radius 3 is 2.17 bits per heavy atom. The number of phenolic OH excluding ortho intramolecular Hbond substituents is 1. The van der Waals surface area contributed by atoms with E-state index >= 15 is 0 Å². The second-order valence-corrected chi connectivity index (χ2v) is 5.86. The van der Waals surface area contributed by atoms with E-state index in [0.717, 1.165) is 5.56 Å². The van der Waals surface area contributed by atoms with Crippen LogP contribution in [0.2, 0.25) is 0 Å². The standard InChI is InChI=1S/C18H15NO3.C5H10O2/c20-15-6-8-16(9-7-15)22-18-11-10-17(12-19-18)21-13-14-4-2-1-3-5-14;1-3-5(6)7-4-2/h1-12,20H,13H2;3-4H2,1-2H3. The van der Waals surface area contributed by atoms with Gasteiger partial charge in [-0.05, 0) is 42.8 Å². The number of nitrogens with zero attached hydrogens (tertiary/aromatic N) is 1. The molecule has 0 aliphatic carbocycles. The van der Waals surface area contributed by atoms with Crippen molar-refractivity contribution in [1.29, 1.82) is 0 Å². The smallest absolute Gasteiger partial charge is 0.305 e. The minimum atomic E-state index is -0.123. The average molecular weight is 395 g/mol. The van der Waals surface area contributed by atoms with Crippen molar-refractivity contribution in [2.24, 2.45) is 0 Å².